The smallest absolute Gasteiger partial charge is 0.207 e. The normalized spacial score (nSPS) is 19.5. The molecule has 0 unspecified atom stereocenters. The summed E-state index contributed by atoms with van der Waals surface area (Å²) < 4.78 is 28.6. The van der Waals surface area contributed by atoms with Gasteiger partial charge in [-0.25, -0.2) is 8.42 Å². The van der Waals surface area contributed by atoms with Gasteiger partial charge in [-0.2, -0.15) is 4.31 Å². The molecule has 0 radical (unpaired) electrons. The summed E-state index contributed by atoms with van der Waals surface area (Å²) in [6.45, 7) is 6.88. The van der Waals surface area contributed by atoms with Gasteiger partial charge in [0.25, 0.3) is 0 Å². The van der Waals surface area contributed by atoms with E-state index in [0.717, 1.165) is 36.8 Å². The fourth-order valence-electron chi connectivity index (χ4n) is 3.74. The average Bonchev–Trinajstić information content (AvgIpc) is 2.88. The molecular weight excluding hydrogens is 342 g/mol. The predicted octanol–water partition coefficient (Wildman–Crippen LogP) is 5.42. The summed E-state index contributed by atoms with van der Waals surface area (Å²) in [5.74, 6) is 0.394. The van der Waals surface area contributed by atoms with E-state index in [0.29, 0.717) is 17.4 Å². The molecule has 0 saturated carbocycles. The van der Waals surface area contributed by atoms with Gasteiger partial charge in [0.15, 0.2) is 0 Å². The maximum absolute atomic E-state index is 13.4. The van der Waals surface area contributed by atoms with E-state index < -0.39 is 10.0 Å². The number of aryl methyl sites for hydroxylation is 1. The Kier molecular flexibility index (Phi) is 5.83. The lowest BCUT2D eigenvalue weighted by molar-refractivity contribution is 0.329. The molecule has 0 aromatic heterocycles. The van der Waals surface area contributed by atoms with E-state index >= 15 is 0 Å². The molecular formula is C22H29NO2S. The van der Waals surface area contributed by atoms with Crippen molar-refractivity contribution in [2.24, 2.45) is 0 Å². The maximum Gasteiger partial charge on any atom is 0.243 e. The topological polar surface area (TPSA) is 37.4 Å². The van der Waals surface area contributed by atoms with Gasteiger partial charge in [-0.3, -0.25) is 0 Å². The van der Waals surface area contributed by atoms with Crippen molar-refractivity contribution in [3.8, 4) is 0 Å². The summed E-state index contributed by atoms with van der Waals surface area (Å²) in [4.78, 5) is 0.404. The van der Waals surface area contributed by atoms with Gasteiger partial charge >= 0.3 is 0 Å². The average molecular weight is 372 g/mol. The first-order chi connectivity index (χ1) is 12.4. The first-order valence-corrected chi connectivity index (χ1v) is 11.0. The molecule has 1 aliphatic heterocycles. The van der Waals surface area contributed by atoms with Crippen molar-refractivity contribution in [2.45, 2.75) is 63.3 Å². The minimum absolute atomic E-state index is 0.0767. The van der Waals surface area contributed by atoms with Crippen LogP contribution < -0.4 is 0 Å². The maximum atomic E-state index is 13.4. The third kappa shape index (κ3) is 4.02. The van der Waals surface area contributed by atoms with Gasteiger partial charge in [-0.1, -0.05) is 68.7 Å². The van der Waals surface area contributed by atoms with E-state index in [-0.39, 0.29) is 6.04 Å². The van der Waals surface area contributed by atoms with Gasteiger partial charge in [-0.05, 0) is 48.9 Å². The van der Waals surface area contributed by atoms with Crippen LogP contribution in [0.2, 0.25) is 0 Å². The van der Waals surface area contributed by atoms with E-state index in [1.54, 1.807) is 16.4 Å². The van der Waals surface area contributed by atoms with Crippen LogP contribution in [0.3, 0.4) is 0 Å². The molecule has 1 fully saturated rings. The van der Waals surface area contributed by atoms with Crippen LogP contribution in [0.5, 0.6) is 0 Å². The van der Waals surface area contributed by atoms with Crippen molar-refractivity contribution >= 4 is 10.0 Å². The molecule has 140 valence electrons. The fraction of sp³-hybridized carbons (Fsp3) is 0.455. The van der Waals surface area contributed by atoms with Crippen LogP contribution in [-0.4, -0.2) is 19.3 Å². The quantitative estimate of drug-likeness (QED) is 0.719. The molecule has 1 saturated heterocycles. The molecule has 0 N–H and O–H groups in total. The fourth-order valence-corrected chi connectivity index (χ4v) is 5.42. The Hall–Kier alpha value is -1.65. The summed E-state index contributed by atoms with van der Waals surface area (Å²) in [5, 5.41) is 0. The van der Waals surface area contributed by atoms with E-state index in [9.17, 15) is 8.42 Å². The largest absolute Gasteiger partial charge is 0.243 e. The Bertz CT molecular complexity index is 841. The summed E-state index contributed by atoms with van der Waals surface area (Å²) in [7, 11) is -3.50. The Morgan fingerprint density at radius 3 is 2.38 bits per heavy atom. The second-order valence-corrected chi connectivity index (χ2v) is 9.51. The first kappa shape index (κ1) is 19.1. The second-order valence-electron chi connectivity index (χ2n) is 7.62. The van der Waals surface area contributed by atoms with Crippen LogP contribution in [0.1, 0.15) is 68.2 Å². The van der Waals surface area contributed by atoms with Crippen molar-refractivity contribution in [3.05, 3.63) is 65.2 Å². The van der Waals surface area contributed by atoms with Crippen molar-refractivity contribution in [3.63, 3.8) is 0 Å². The van der Waals surface area contributed by atoms with Crippen LogP contribution in [0.15, 0.2) is 53.4 Å². The van der Waals surface area contributed by atoms with Crippen molar-refractivity contribution in [1.82, 2.24) is 4.31 Å². The lowest BCUT2D eigenvalue weighted by Gasteiger charge is -2.30. The highest BCUT2D eigenvalue weighted by atomic mass is 32.2. The van der Waals surface area contributed by atoms with Crippen LogP contribution in [0.4, 0.5) is 0 Å². The Morgan fingerprint density at radius 2 is 1.73 bits per heavy atom. The molecule has 0 amide bonds. The van der Waals surface area contributed by atoms with Crippen LogP contribution >= 0.6 is 0 Å². The number of hydrogen-bond donors (Lipinski definition) is 0. The summed E-state index contributed by atoms with van der Waals surface area (Å²) in [6.07, 6.45) is 3.95. The zero-order chi connectivity index (χ0) is 18.7. The number of nitrogens with zero attached hydrogens (tertiary/aromatic N) is 1. The standard InChI is InChI=1S/C22H29NO2S/c1-17(2)19-11-13-21(14-12-19)26(24,25)23-15-6-4-5-10-22(23)20-9-7-8-18(3)16-20/h7-9,11-14,16-17,22H,4-6,10,15H2,1-3H3/t22-/m1/s1. The number of hydrogen-bond acceptors (Lipinski definition) is 2. The lowest BCUT2D eigenvalue weighted by Crippen LogP contribution is -2.34. The molecule has 4 heteroatoms. The monoisotopic (exact) mass is 371 g/mol. The van der Waals surface area contributed by atoms with Gasteiger partial charge in [0.05, 0.1) is 10.9 Å². The Balaban J connectivity index is 1.98. The summed E-state index contributed by atoms with van der Waals surface area (Å²) in [6, 6.07) is 15.6. The Morgan fingerprint density at radius 1 is 1.00 bits per heavy atom. The SMILES string of the molecule is Cc1cccc([C@H]2CCCCCN2S(=O)(=O)c2ccc(C(C)C)cc2)c1. The molecule has 2 aromatic carbocycles. The van der Waals surface area contributed by atoms with E-state index in [1.807, 2.05) is 18.2 Å². The molecule has 1 aliphatic rings. The van der Waals surface area contributed by atoms with Crippen LogP contribution in [0, 0.1) is 6.92 Å². The highest BCUT2D eigenvalue weighted by molar-refractivity contribution is 7.89. The highest BCUT2D eigenvalue weighted by Gasteiger charge is 2.33. The number of benzene rings is 2. The Labute approximate surface area is 158 Å². The lowest BCUT2D eigenvalue weighted by atomic mass is 10.0. The van der Waals surface area contributed by atoms with Crippen molar-refractivity contribution in [1.29, 1.82) is 0 Å². The third-order valence-corrected chi connectivity index (χ3v) is 7.21. The molecule has 0 spiro atoms. The van der Waals surface area contributed by atoms with Gasteiger partial charge < -0.3 is 0 Å². The molecule has 1 atom stereocenters. The van der Waals surface area contributed by atoms with Gasteiger partial charge in [-0.15, -0.1) is 0 Å². The van der Waals surface area contributed by atoms with Crippen LogP contribution in [0.25, 0.3) is 0 Å². The van der Waals surface area contributed by atoms with Crippen molar-refractivity contribution < 1.29 is 8.42 Å². The minimum Gasteiger partial charge on any atom is -0.207 e. The molecule has 26 heavy (non-hydrogen) atoms. The van der Waals surface area contributed by atoms with Gasteiger partial charge in [0.2, 0.25) is 10.0 Å². The number of rotatable bonds is 4. The molecule has 1 heterocycles. The van der Waals surface area contributed by atoms with E-state index in [1.165, 1.54) is 5.56 Å². The summed E-state index contributed by atoms with van der Waals surface area (Å²) in [5.41, 5.74) is 3.44. The van der Waals surface area contributed by atoms with E-state index in [4.69, 9.17) is 0 Å². The van der Waals surface area contributed by atoms with Gasteiger partial charge in [0, 0.05) is 6.54 Å². The van der Waals surface area contributed by atoms with Crippen LogP contribution in [-0.2, 0) is 10.0 Å². The van der Waals surface area contributed by atoms with E-state index in [2.05, 4.69) is 39.0 Å². The van der Waals surface area contributed by atoms with Crippen molar-refractivity contribution in [2.75, 3.05) is 6.54 Å². The second kappa shape index (κ2) is 7.93. The zero-order valence-electron chi connectivity index (χ0n) is 16.0. The zero-order valence-corrected chi connectivity index (χ0v) is 16.8. The summed E-state index contributed by atoms with van der Waals surface area (Å²) >= 11 is 0. The molecule has 0 bridgehead atoms. The number of sulfonamides is 1. The van der Waals surface area contributed by atoms with Gasteiger partial charge in [0.1, 0.15) is 0 Å². The molecule has 3 nitrogen and oxygen atoms in total. The highest BCUT2D eigenvalue weighted by Crippen LogP contribution is 2.35. The predicted molar refractivity (Wildman–Crippen MR) is 107 cm³/mol. The molecule has 3 rings (SSSR count). The first-order valence-electron chi connectivity index (χ1n) is 9.58. The third-order valence-electron chi connectivity index (χ3n) is 5.28. The minimum atomic E-state index is -3.50. The molecule has 2 aromatic rings. The molecule has 0 aliphatic carbocycles.